The number of rotatable bonds is 7. The standard InChI is InChI=1S/C26H28N2OS/c29-25(27-23-14-16-24(17-15-23)28-18-8-3-9-19-28)20-30-26(21-10-4-1-5-11-21)22-12-6-2-7-13-22/h1-2,4-7,10-17,26H,3,8-9,18-20H2,(H,27,29). The van der Waals surface area contributed by atoms with Crippen molar-refractivity contribution in [2.75, 3.05) is 29.1 Å². The van der Waals surface area contributed by atoms with Crippen LogP contribution in [0.1, 0.15) is 35.6 Å². The highest BCUT2D eigenvalue weighted by molar-refractivity contribution is 8.00. The number of carbonyl (C=O) groups is 1. The molecular formula is C26H28N2OS. The van der Waals surface area contributed by atoms with Crippen molar-refractivity contribution in [1.82, 2.24) is 0 Å². The maximum atomic E-state index is 12.6. The topological polar surface area (TPSA) is 32.3 Å². The Kier molecular flexibility index (Phi) is 7.09. The molecular weight excluding hydrogens is 388 g/mol. The van der Waals surface area contributed by atoms with Crippen LogP contribution in [0.4, 0.5) is 11.4 Å². The molecule has 1 aliphatic heterocycles. The van der Waals surface area contributed by atoms with E-state index in [-0.39, 0.29) is 11.2 Å². The fourth-order valence-corrected chi connectivity index (χ4v) is 4.99. The fourth-order valence-electron chi connectivity index (χ4n) is 3.90. The Morgan fingerprint density at radius 1 is 0.800 bits per heavy atom. The zero-order valence-electron chi connectivity index (χ0n) is 17.2. The van der Waals surface area contributed by atoms with Gasteiger partial charge in [0.1, 0.15) is 0 Å². The molecule has 3 aromatic rings. The largest absolute Gasteiger partial charge is 0.372 e. The van der Waals surface area contributed by atoms with Crippen molar-refractivity contribution in [2.24, 2.45) is 0 Å². The van der Waals surface area contributed by atoms with Crippen molar-refractivity contribution < 1.29 is 4.79 Å². The molecule has 1 heterocycles. The van der Waals surface area contributed by atoms with E-state index in [1.165, 1.54) is 36.1 Å². The maximum absolute atomic E-state index is 12.6. The van der Waals surface area contributed by atoms with Crippen LogP contribution in [0.2, 0.25) is 0 Å². The van der Waals surface area contributed by atoms with Gasteiger partial charge in [0.25, 0.3) is 0 Å². The Bertz CT molecular complexity index is 883. The van der Waals surface area contributed by atoms with Crippen molar-refractivity contribution in [3.05, 3.63) is 96.1 Å². The minimum atomic E-state index is 0.0302. The summed E-state index contributed by atoms with van der Waals surface area (Å²) in [7, 11) is 0. The molecule has 3 nitrogen and oxygen atoms in total. The number of piperidine rings is 1. The second kappa shape index (κ2) is 10.4. The predicted octanol–water partition coefficient (Wildman–Crippen LogP) is 6.14. The van der Waals surface area contributed by atoms with E-state index in [0.717, 1.165) is 18.8 Å². The highest BCUT2D eigenvalue weighted by Crippen LogP contribution is 2.35. The molecule has 154 valence electrons. The van der Waals surface area contributed by atoms with E-state index in [0.29, 0.717) is 5.75 Å². The molecule has 1 saturated heterocycles. The first kappa shape index (κ1) is 20.5. The molecule has 1 fully saturated rings. The summed E-state index contributed by atoms with van der Waals surface area (Å²) in [5, 5.41) is 3.19. The van der Waals surface area contributed by atoms with Crippen molar-refractivity contribution >= 4 is 29.0 Å². The lowest BCUT2D eigenvalue weighted by Crippen LogP contribution is -2.29. The number of hydrogen-bond acceptors (Lipinski definition) is 3. The van der Waals surface area contributed by atoms with Crippen LogP contribution in [0, 0.1) is 0 Å². The Hall–Kier alpha value is -2.72. The quantitative estimate of drug-likeness (QED) is 0.502. The number of anilines is 2. The molecule has 0 saturated carbocycles. The average Bonchev–Trinajstić information content (AvgIpc) is 2.82. The second-order valence-corrected chi connectivity index (χ2v) is 8.75. The first-order valence-electron chi connectivity index (χ1n) is 10.7. The molecule has 0 radical (unpaired) electrons. The van der Waals surface area contributed by atoms with Gasteiger partial charge in [-0.25, -0.2) is 0 Å². The van der Waals surface area contributed by atoms with E-state index < -0.39 is 0 Å². The highest BCUT2D eigenvalue weighted by atomic mass is 32.2. The van der Waals surface area contributed by atoms with Gasteiger partial charge in [-0.3, -0.25) is 4.79 Å². The molecule has 0 atom stereocenters. The van der Waals surface area contributed by atoms with E-state index in [1.807, 2.05) is 24.3 Å². The summed E-state index contributed by atoms with van der Waals surface area (Å²) in [6.45, 7) is 2.26. The molecule has 1 amide bonds. The predicted molar refractivity (Wildman–Crippen MR) is 128 cm³/mol. The first-order chi connectivity index (χ1) is 14.8. The smallest absolute Gasteiger partial charge is 0.234 e. The summed E-state index contributed by atoms with van der Waals surface area (Å²) in [5.74, 6) is 0.435. The molecule has 0 spiro atoms. The Morgan fingerprint density at radius 3 is 1.93 bits per heavy atom. The van der Waals surface area contributed by atoms with Crippen LogP contribution in [0.25, 0.3) is 0 Å². The van der Waals surface area contributed by atoms with E-state index in [4.69, 9.17) is 0 Å². The van der Waals surface area contributed by atoms with Crippen LogP contribution >= 0.6 is 11.8 Å². The van der Waals surface area contributed by atoms with Gasteiger partial charge in [0.2, 0.25) is 5.91 Å². The van der Waals surface area contributed by atoms with Gasteiger partial charge in [-0.2, -0.15) is 0 Å². The van der Waals surface area contributed by atoms with Crippen LogP contribution in [0.3, 0.4) is 0 Å². The van der Waals surface area contributed by atoms with Gasteiger partial charge in [-0.1, -0.05) is 60.7 Å². The van der Waals surface area contributed by atoms with Gasteiger partial charge in [-0.15, -0.1) is 11.8 Å². The average molecular weight is 417 g/mol. The van der Waals surface area contributed by atoms with Crippen molar-refractivity contribution in [3.63, 3.8) is 0 Å². The Morgan fingerprint density at radius 2 is 1.37 bits per heavy atom. The summed E-state index contributed by atoms with van der Waals surface area (Å²) in [6, 6.07) is 29.0. The van der Waals surface area contributed by atoms with E-state index in [1.54, 1.807) is 11.8 Å². The van der Waals surface area contributed by atoms with Gasteiger partial charge in [0.05, 0.1) is 11.0 Å². The lowest BCUT2D eigenvalue weighted by atomic mass is 10.0. The number of thioether (sulfide) groups is 1. The van der Waals surface area contributed by atoms with Gasteiger partial charge < -0.3 is 10.2 Å². The van der Waals surface area contributed by atoms with Crippen molar-refractivity contribution in [1.29, 1.82) is 0 Å². The lowest BCUT2D eigenvalue weighted by molar-refractivity contribution is -0.113. The monoisotopic (exact) mass is 416 g/mol. The number of amides is 1. The molecule has 0 bridgehead atoms. The molecule has 4 rings (SSSR count). The number of benzene rings is 3. The molecule has 0 aromatic heterocycles. The molecule has 0 unspecified atom stereocenters. The van der Waals surface area contributed by atoms with Gasteiger partial charge >= 0.3 is 0 Å². The SMILES string of the molecule is O=C(CSC(c1ccccc1)c1ccccc1)Nc1ccc(N2CCCCC2)cc1. The van der Waals surface area contributed by atoms with Gasteiger partial charge in [0.15, 0.2) is 0 Å². The molecule has 4 heteroatoms. The number of nitrogens with one attached hydrogen (secondary N) is 1. The zero-order valence-corrected chi connectivity index (χ0v) is 18.0. The van der Waals surface area contributed by atoms with Crippen LogP contribution in [0.5, 0.6) is 0 Å². The van der Waals surface area contributed by atoms with Crippen LogP contribution in [0.15, 0.2) is 84.9 Å². The maximum Gasteiger partial charge on any atom is 0.234 e. The summed E-state index contributed by atoms with van der Waals surface area (Å²) in [4.78, 5) is 15.0. The summed E-state index contributed by atoms with van der Waals surface area (Å²) in [5.41, 5.74) is 4.53. The van der Waals surface area contributed by atoms with Crippen molar-refractivity contribution in [3.8, 4) is 0 Å². The van der Waals surface area contributed by atoms with Gasteiger partial charge in [-0.05, 0) is 54.7 Å². The molecule has 1 N–H and O–H groups in total. The minimum absolute atomic E-state index is 0.0302. The van der Waals surface area contributed by atoms with Crippen LogP contribution in [-0.2, 0) is 4.79 Å². The first-order valence-corrected chi connectivity index (χ1v) is 11.7. The third kappa shape index (κ3) is 5.45. The van der Waals surface area contributed by atoms with E-state index >= 15 is 0 Å². The highest BCUT2D eigenvalue weighted by Gasteiger charge is 2.16. The number of nitrogens with zero attached hydrogens (tertiary/aromatic N) is 1. The lowest BCUT2D eigenvalue weighted by Gasteiger charge is -2.28. The van der Waals surface area contributed by atoms with E-state index in [9.17, 15) is 4.79 Å². The van der Waals surface area contributed by atoms with Crippen molar-refractivity contribution in [2.45, 2.75) is 24.5 Å². The number of hydrogen-bond donors (Lipinski definition) is 1. The third-order valence-corrected chi connectivity index (χ3v) is 6.76. The molecule has 0 aliphatic carbocycles. The molecule has 30 heavy (non-hydrogen) atoms. The second-order valence-electron chi connectivity index (χ2n) is 7.66. The third-order valence-electron chi connectivity index (χ3n) is 5.46. The minimum Gasteiger partial charge on any atom is -0.372 e. The fraction of sp³-hybridized carbons (Fsp3) is 0.269. The summed E-state index contributed by atoms with van der Waals surface area (Å²) < 4.78 is 0. The normalized spacial score (nSPS) is 14.0. The molecule has 1 aliphatic rings. The van der Waals surface area contributed by atoms with E-state index in [2.05, 4.69) is 70.9 Å². The summed E-state index contributed by atoms with van der Waals surface area (Å²) in [6.07, 6.45) is 3.86. The summed E-state index contributed by atoms with van der Waals surface area (Å²) >= 11 is 1.66. The van der Waals surface area contributed by atoms with Crippen LogP contribution < -0.4 is 10.2 Å². The van der Waals surface area contributed by atoms with Gasteiger partial charge in [0, 0.05) is 24.5 Å². The number of carbonyl (C=O) groups excluding carboxylic acids is 1. The Labute approximate surface area is 183 Å². The Balaban J connectivity index is 1.37. The van der Waals surface area contributed by atoms with Crippen LogP contribution in [-0.4, -0.2) is 24.7 Å². The zero-order chi connectivity index (χ0) is 20.6. The molecule has 3 aromatic carbocycles.